The molecule has 0 aromatic heterocycles. The molecule has 1 aromatic rings. The van der Waals surface area contributed by atoms with Crippen molar-refractivity contribution in [3.8, 4) is 0 Å². The molecular weight excluding hydrogens is 227 g/mol. The van der Waals surface area contributed by atoms with Crippen LogP contribution in [-0.4, -0.2) is 27.4 Å². The van der Waals surface area contributed by atoms with E-state index < -0.39 is 24.0 Å². The van der Waals surface area contributed by atoms with Crippen molar-refractivity contribution in [3.63, 3.8) is 0 Å². The van der Waals surface area contributed by atoms with Gasteiger partial charge in [-0.15, -0.1) is 0 Å². The van der Waals surface area contributed by atoms with Gasteiger partial charge < -0.3 is 15.3 Å². The fourth-order valence-corrected chi connectivity index (χ4v) is 1.23. The molecule has 2 unspecified atom stereocenters. The maximum absolute atomic E-state index is 13.1. The summed E-state index contributed by atoms with van der Waals surface area (Å²) in [4.78, 5) is 10.3. The lowest BCUT2D eigenvalue weighted by molar-refractivity contribution is -0.153. The van der Waals surface area contributed by atoms with Crippen molar-refractivity contribution >= 4 is 17.6 Å². The smallest absolute Gasteiger partial charge is 0.335 e. The molecule has 2 atom stereocenters. The summed E-state index contributed by atoms with van der Waals surface area (Å²) in [5.41, 5.74) is -0.350. The van der Waals surface area contributed by atoms with Crippen LogP contribution in [0.4, 0.5) is 4.39 Å². The van der Waals surface area contributed by atoms with Crippen molar-refractivity contribution in [3.05, 3.63) is 34.6 Å². The monoisotopic (exact) mass is 234 g/mol. The number of aliphatic carboxylic acids is 1. The van der Waals surface area contributed by atoms with Crippen molar-refractivity contribution in [1.29, 1.82) is 0 Å². The second-order valence-electron chi connectivity index (χ2n) is 2.89. The number of carboxylic acids is 1. The molecule has 0 heterocycles. The lowest BCUT2D eigenvalue weighted by Crippen LogP contribution is -2.28. The number of aliphatic hydroxyl groups excluding tert-OH is 2. The summed E-state index contributed by atoms with van der Waals surface area (Å²) in [5.74, 6) is -2.46. The van der Waals surface area contributed by atoms with E-state index in [-0.39, 0.29) is 10.6 Å². The minimum Gasteiger partial charge on any atom is -0.479 e. The molecule has 0 aliphatic carbocycles. The van der Waals surface area contributed by atoms with E-state index in [9.17, 15) is 14.3 Å². The lowest BCUT2D eigenvalue weighted by atomic mass is 10.0. The summed E-state index contributed by atoms with van der Waals surface area (Å²) < 4.78 is 13.1. The highest BCUT2D eigenvalue weighted by Crippen LogP contribution is 2.23. The maximum atomic E-state index is 13.1. The van der Waals surface area contributed by atoms with Crippen LogP contribution in [0.15, 0.2) is 18.2 Å². The molecule has 0 bridgehead atoms. The Hall–Kier alpha value is -1.17. The minimum absolute atomic E-state index is 0.142. The number of carbonyl (C=O) groups is 1. The van der Waals surface area contributed by atoms with E-state index >= 15 is 0 Å². The van der Waals surface area contributed by atoms with Gasteiger partial charge in [-0.2, -0.15) is 0 Å². The van der Waals surface area contributed by atoms with Crippen LogP contribution in [0.2, 0.25) is 5.02 Å². The van der Waals surface area contributed by atoms with Gasteiger partial charge in [0.05, 0.1) is 0 Å². The van der Waals surface area contributed by atoms with Gasteiger partial charge in [0.1, 0.15) is 11.9 Å². The molecular formula is C9H8ClFO4. The molecule has 0 radical (unpaired) electrons. The summed E-state index contributed by atoms with van der Waals surface area (Å²) in [5, 5.41) is 26.9. The molecule has 0 aliphatic rings. The molecule has 4 nitrogen and oxygen atoms in total. The van der Waals surface area contributed by atoms with Crippen LogP contribution in [0.3, 0.4) is 0 Å². The number of carboxylic acid groups (broad SMARTS) is 1. The van der Waals surface area contributed by atoms with Gasteiger partial charge in [-0.05, 0) is 18.2 Å². The number of benzene rings is 1. The molecule has 15 heavy (non-hydrogen) atoms. The van der Waals surface area contributed by atoms with E-state index in [1.807, 2.05) is 0 Å². The largest absolute Gasteiger partial charge is 0.479 e. The highest BCUT2D eigenvalue weighted by molar-refractivity contribution is 6.30. The van der Waals surface area contributed by atoms with E-state index in [1.165, 1.54) is 6.07 Å². The Labute approximate surface area is 89.5 Å². The topological polar surface area (TPSA) is 77.8 Å². The van der Waals surface area contributed by atoms with Gasteiger partial charge in [0.2, 0.25) is 0 Å². The Balaban J connectivity index is 3.04. The molecule has 0 aliphatic heterocycles. The minimum atomic E-state index is -2.09. The molecule has 0 amide bonds. The third-order valence-corrected chi connectivity index (χ3v) is 2.06. The van der Waals surface area contributed by atoms with Crippen molar-refractivity contribution in [2.75, 3.05) is 0 Å². The summed E-state index contributed by atoms with van der Waals surface area (Å²) in [7, 11) is 0. The summed E-state index contributed by atoms with van der Waals surface area (Å²) in [6.45, 7) is 0. The standard InChI is InChI=1S/C9H8ClFO4/c10-4-1-2-6(11)5(3-4)7(12)8(13)9(14)15/h1-3,7-8,12-13H,(H,14,15). The Morgan fingerprint density at radius 1 is 1.40 bits per heavy atom. The van der Waals surface area contributed by atoms with Crippen LogP contribution in [-0.2, 0) is 4.79 Å². The van der Waals surface area contributed by atoms with Crippen LogP contribution < -0.4 is 0 Å². The number of rotatable bonds is 3. The predicted molar refractivity (Wildman–Crippen MR) is 50.0 cm³/mol. The molecule has 0 saturated heterocycles. The molecule has 6 heteroatoms. The zero-order chi connectivity index (χ0) is 11.6. The van der Waals surface area contributed by atoms with Crippen LogP contribution >= 0.6 is 11.6 Å². The maximum Gasteiger partial charge on any atom is 0.335 e. The highest BCUT2D eigenvalue weighted by Gasteiger charge is 2.27. The average Bonchev–Trinajstić information content (AvgIpc) is 2.19. The molecule has 0 saturated carbocycles. The Kier molecular flexibility index (Phi) is 3.62. The molecule has 82 valence electrons. The fourth-order valence-electron chi connectivity index (χ4n) is 1.05. The lowest BCUT2D eigenvalue weighted by Gasteiger charge is -2.15. The van der Waals surface area contributed by atoms with Crippen molar-refractivity contribution in [1.82, 2.24) is 0 Å². The first-order chi connectivity index (χ1) is 6.93. The van der Waals surface area contributed by atoms with E-state index in [2.05, 4.69) is 0 Å². The number of halogens is 2. The van der Waals surface area contributed by atoms with Gasteiger partial charge in [-0.3, -0.25) is 0 Å². The van der Waals surface area contributed by atoms with Gasteiger partial charge in [0.25, 0.3) is 0 Å². The first-order valence-corrected chi connectivity index (χ1v) is 4.35. The second kappa shape index (κ2) is 4.57. The SMILES string of the molecule is O=C(O)C(O)C(O)c1cc(Cl)ccc1F. The van der Waals surface area contributed by atoms with Crippen LogP contribution in [0.25, 0.3) is 0 Å². The quantitative estimate of drug-likeness (QED) is 0.728. The summed E-state index contributed by atoms with van der Waals surface area (Å²) in [6.07, 6.45) is -3.93. The van der Waals surface area contributed by atoms with Crippen molar-refractivity contribution < 1.29 is 24.5 Å². The molecule has 1 aromatic carbocycles. The number of hydrogen-bond donors (Lipinski definition) is 3. The third-order valence-electron chi connectivity index (χ3n) is 1.83. The van der Waals surface area contributed by atoms with Crippen LogP contribution in [0.5, 0.6) is 0 Å². The molecule has 1 rings (SSSR count). The van der Waals surface area contributed by atoms with Crippen molar-refractivity contribution in [2.45, 2.75) is 12.2 Å². The molecule has 0 fully saturated rings. The van der Waals surface area contributed by atoms with Crippen molar-refractivity contribution in [2.24, 2.45) is 0 Å². The normalized spacial score (nSPS) is 14.7. The van der Waals surface area contributed by atoms with Crippen LogP contribution in [0.1, 0.15) is 11.7 Å². The Morgan fingerprint density at radius 3 is 2.53 bits per heavy atom. The Morgan fingerprint density at radius 2 is 2.00 bits per heavy atom. The van der Waals surface area contributed by atoms with Gasteiger partial charge >= 0.3 is 5.97 Å². The van der Waals surface area contributed by atoms with Crippen LogP contribution in [0, 0.1) is 5.82 Å². The fraction of sp³-hybridized carbons (Fsp3) is 0.222. The zero-order valence-electron chi connectivity index (χ0n) is 7.39. The summed E-state index contributed by atoms with van der Waals surface area (Å²) in [6, 6.07) is 3.30. The van der Waals surface area contributed by atoms with Gasteiger partial charge in [0.15, 0.2) is 6.10 Å². The van der Waals surface area contributed by atoms with E-state index in [1.54, 1.807) is 0 Å². The van der Waals surface area contributed by atoms with Gasteiger partial charge in [-0.25, -0.2) is 9.18 Å². The molecule has 3 N–H and O–H groups in total. The van der Waals surface area contributed by atoms with E-state index in [0.29, 0.717) is 0 Å². The highest BCUT2D eigenvalue weighted by atomic mass is 35.5. The Bertz CT molecular complexity index is 382. The molecule has 0 spiro atoms. The average molecular weight is 235 g/mol. The van der Waals surface area contributed by atoms with E-state index in [4.69, 9.17) is 21.8 Å². The first kappa shape index (κ1) is 11.9. The summed E-state index contributed by atoms with van der Waals surface area (Å²) >= 11 is 5.54. The zero-order valence-corrected chi connectivity index (χ0v) is 8.15. The van der Waals surface area contributed by atoms with Gasteiger partial charge in [-0.1, -0.05) is 11.6 Å². The predicted octanol–water partition coefficient (Wildman–Crippen LogP) is 0.958. The second-order valence-corrected chi connectivity index (χ2v) is 3.33. The van der Waals surface area contributed by atoms with E-state index in [0.717, 1.165) is 12.1 Å². The number of aliphatic hydroxyl groups is 2. The first-order valence-electron chi connectivity index (χ1n) is 3.97. The van der Waals surface area contributed by atoms with Gasteiger partial charge in [0, 0.05) is 10.6 Å². The number of hydrogen-bond acceptors (Lipinski definition) is 3. The third kappa shape index (κ3) is 2.65.